The minimum absolute atomic E-state index is 0.339. The summed E-state index contributed by atoms with van der Waals surface area (Å²) in [5, 5.41) is 11.2. The highest BCUT2D eigenvalue weighted by atomic mass is 32.1. The molecule has 4 nitrogen and oxygen atoms in total. The van der Waals surface area contributed by atoms with E-state index in [0.29, 0.717) is 16.7 Å². The zero-order valence-corrected chi connectivity index (χ0v) is 11.2. The SMILES string of the molecule is NC(=S)c1ccnnc1NCC1Cc2ccccc21. The fraction of sp³-hybridized carbons (Fsp3) is 0.214. The van der Waals surface area contributed by atoms with Crippen LogP contribution in [-0.4, -0.2) is 21.7 Å². The largest absolute Gasteiger partial charge is 0.389 e. The van der Waals surface area contributed by atoms with Crippen LogP contribution < -0.4 is 11.1 Å². The van der Waals surface area contributed by atoms with Crippen LogP contribution >= 0.6 is 12.2 Å². The lowest BCUT2D eigenvalue weighted by atomic mass is 9.77. The molecule has 3 rings (SSSR count). The second kappa shape index (κ2) is 4.93. The van der Waals surface area contributed by atoms with Gasteiger partial charge in [0, 0.05) is 12.5 Å². The smallest absolute Gasteiger partial charge is 0.158 e. The molecule has 3 N–H and O–H groups in total. The number of anilines is 1. The maximum absolute atomic E-state index is 5.67. The number of nitrogens with two attached hydrogens (primary N) is 1. The van der Waals surface area contributed by atoms with E-state index in [-0.39, 0.29) is 0 Å². The standard InChI is InChI=1S/C14H14N4S/c15-13(19)12-5-6-17-18-14(12)16-8-10-7-9-3-1-2-4-11(9)10/h1-6,10H,7-8H2,(H2,15,19)(H,16,18). The molecule has 0 amide bonds. The summed E-state index contributed by atoms with van der Waals surface area (Å²) < 4.78 is 0. The molecule has 1 aliphatic rings. The van der Waals surface area contributed by atoms with Crippen molar-refractivity contribution < 1.29 is 0 Å². The summed E-state index contributed by atoms with van der Waals surface area (Å²) in [6, 6.07) is 10.3. The molecule has 1 aromatic heterocycles. The molecular weight excluding hydrogens is 256 g/mol. The normalized spacial score (nSPS) is 16.3. The highest BCUT2D eigenvalue weighted by Gasteiger charge is 2.25. The number of hydrogen-bond donors (Lipinski definition) is 2. The van der Waals surface area contributed by atoms with E-state index in [0.717, 1.165) is 18.5 Å². The number of rotatable bonds is 4. The third kappa shape index (κ3) is 2.29. The quantitative estimate of drug-likeness (QED) is 0.830. The molecule has 0 bridgehead atoms. The first-order valence-electron chi connectivity index (χ1n) is 6.19. The van der Waals surface area contributed by atoms with Gasteiger partial charge in [-0.1, -0.05) is 36.5 Å². The van der Waals surface area contributed by atoms with Crippen LogP contribution in [0.2, 0.25) is 0 Å². The molecule has 0 radical (unpaired) electrons. The molecule has 19 heavy (non-hydrogen) atoms. The van der Waals surface area contributed by atoms with Gasteiger partial charge in [-0.05, 0) is 23.6 Å². The highest BCUT2D eigenvalue weighted by Crippen LogP contribution is 2.34. The summed E-state index contributed by atoms with van der Waals surface area (Å²) in [4.78, 5) is 0.339. The number of nitrogens with zero attached hydrogens (tertiary/aromatic N) is 2. The topological polar surface area (TPSA) is 63.8 Å². The van der Waals surface area contributed by atoms with Crippen molar-refractivity contribution in [1.29, 1.82) is 0 Å². The maximum Gasteiger partial charge on any atom is 0.158 e. The van der Waals surface area contributed by atoms with Crippen LogP contribution in [-0.2, 0) is 6.42 Å². The van der Waals surface area contributed by atoms with Crippen molar-refractivity contribution in [2.75, 3.05) is 11.9 Å². The molecule has 1 atom stereocenters. The van der Waals surface area contributed by atoms with Crippen molar-refractivity contribution in [1.82, 2.24) is 10.2 Å². The lowest BCUT2D eigenvalue weighted by Crippen LogP contribution is -2.25. The van der Waals surface area contributed by atoms with Gasteiger partial charge in [0.15, 0.2) is 5.82 Å². The fourth-order valence-corrected chi connectivity index (χ4v) is 2.59. The van der Waals surface area contributed by atoms with Crippen LogP contribution in [0.15, 0.2) is 36.5 Å². The molecule has 1 aromatic carbocycles. The Bertz CT molecular complexity index is 626. The average molecular weight is 270 g/mol. The molecule has 2 aromatic rings. The van der Waals surface area contributed by atoms with E-state index >= 15 is 0 Å². The van der Waals surface area contributed by atoms with Gasteiger partial charge in [-0.3, -0.25) is 0 Å². The summed E-state index contributed by atoms with van der Waals surface area (Å²) in [6.07, 6.45) is 2.70. The lowest BCUT2D eigenvalue weighted by molar-refractivity contribution is 0.634. The average Bonchev–Trinajstić information content (AvgIpc) is 2.40. The molecule has 0 saturated carbocycles. The Balaban J connectivity index is 1.70. The Morgan fingerprint density at radius 2 is 2.21 bits per heavy atom. The Labute approximate surface area is 117 Å². The summed E-state index contributed by atoms with van der Waals surface area (Å²) in [5.74, 6) is 1.19. The van der Waals surface area contributed by atoms with Crippen molar-refractivity contribution >= 4 is 23.0 Å². The van der Waals surface area contributed by atoms with E-state index in [4.69, 9.17) is 18.0 Å². The van der Waals surface area contributed by atoms with Gasteiger partial charge in [0.2, 0.25) is 0 Å². The molecular formula is C14H14N4S. The minimum atomic E-state index is 0.339. The fourth-order valence-electron chi connectivity index (χ4n) is 2.43. The van der Waals surface area contributed by atoms with Gasteiger partial charge in [-0.25, -0.2) is 0 Å². The molecule has 0 saturated heterocycles. The predicted octanol–water partition coefficient (Wildman–Crippen LogP) is 1.86. The number of fused-ring (bicyclic) bond motifs is 1. The van der Waals surface area contributed by atoms with Crippen molar-refractivity contribution in [3.63, 3.8) is 0 Å². The summed E-state index contributed by atoms with van der Waals surface area (Å²) in [7, 11) is 0. The van der Waals surface area contributed by atoms with Crippen LogP contribution in [0, 0.1) is 0 Å². The number of aromatic nitrogens is 2. The zero-order valence-electron chi connectivity index (χ0n) is 10.3. The van der Waals surface area contributed by atoms with Gasteiger partial charge in [-0.2, -0.15) is 5.10 Å². The molecule has 1 heterocycles. The van der Waals surface area contributed by atoms with Gasteiger partial charge in [0.05, 0.1) is 11.8 Å². The first kappa shape index (κ1) is 12.0. The molecule has 0 spiro atoms. The van der Waals surface area contributed by atoms with Crippen LogP contribution in [0.5, 0.6) is 0 Å². The van der Waals surface area contributed by atoms with Crippen LogP contribution in [0.25, 0.3) is 0 Å². The third-order valence-corrected chi connectivity index (χ3v) is 3.68. The van der Waals surface area contributed by atoms with Gasteiger partial charge in [0.1, 0.15) is 4.99 Å². The number of benzene rings is 1. The second-order valence-electron chi connectivity index (χ2n) is 4.64. The second-order valence-corrected chi connectivity index (χ2v) is 5.08. The first-order valence-corrected chi connectivity index (χ1v) is 6.59. The summed E-state index contributed by atoms with van der Waals surface area (Å²) in [5.41, 5.74) is 9.26. The molecule has 1 aliphatic carbocycles. The maximum atomic E-state index is 5.67. The monoisotopic (exact) mass is 270 g/mol. The van der Waals surface area contributed by atoms with Crippen LogP contribution in [0.4, 0.5) is 5.82 Å². The summed E-state index contributed by atoms with van der Waals surface area (Å²) >= 11 is 5.00. The lowest BCUT2D eigenvalue weighted by Gasteiger charge is -2.30. The van der Waals surface area contributed by atoms with E-state index in [1.54, 1.807) is 12.3 Å². The highest BCUT2D eigenvalue weighted by molar-refractivity contribution is 7.80. The van der Waals surface area contributed by atoms with Gasteiger partial charge in [-0.15, -0.1) is 5.10 Å². The molecule has 5 heteroatoms. The molecule has 0 aliphatic heterocycles. The van der Waals surface area contributed by atoms with Crippen molar-refractivity contribution in [2.24, 2.45) is 5.73 Å². The third-order valence-electron chi connectivity index (χ3n) is 3.46. The van der Waals surface area contributed by atoms with Crippen LogP contribution in [0.3, 0.4) is 0 Å². The van der Waals surface area contributed by atoms with E-state index in [9.17, 15) is 0 Å². The van der Waals surface area contributed by atoms with E-state index < -0.39 is 0 Å². The zero-order chi connectivity index (χ0) is 13.2. The number of thiocarbonyl (C=S) groups is 1. The Morgan fingerprint density at radius 1 is 1.37 bits per heavy atom. The predicted molar refractivity (Wildman–Crippen MR) is 79.3 cm³/mol. The molecule has 96 valence electrons. The van der Waals surface area contributed by atoms with Crippen molar-refractivity contribution in [3.8, 4) is 0 Å². The van der Waals surface area contributed by atoms with Gasteiger partial charge < -0.3 is 11.1 Å². The van der Waals surface area contributed by atoms with Crippen LogP contribution in [0.1, 0.15) is 22.6 Å². The van der Waals surface area contributed by atoms with E-state index in [1.165, 1.54) is 11.1 Å². The van der Waals surface area contributed by atoms with E-state index in [2.05, 4.69) is 39.8 Å². The minimum Gasteiger partial charge on any atom is -0.389 e. The Morgan fingerprint density at radius 3 is 3.00 bits per heavy atom. The summed E-state index contributed by atoms with van der Waals surface area (Å²) in [6.45, 7) is 0.825. The number of nitrogens with one attached hydrogen (secondary N) is 1. The molecule has 0 fully saturated rings. The van der Waals surface area contributed by atoms with Crippen molar-refractivity contribution in [3.05, 3.63) is 53.2 Å². The van der Waals surface area contributed by atoms with Gasteiger partial charge >= 0.3 is 0 Å². The Hall–Kier alpha value is -2.01. The van der Waals surface area contributed by atoms with E-state index in [1.807, 2.05) is 0 Å². The number of hydrogen-bond acceptors (Lipinski definition) is 4. The molecule has 1 unspecified atom stereocenters. The van der Waals surface area contributed by atoms with Crippen molar-refractivity contribution in [2.45, 2.75) is 12.3 Å². The Kier molecular flexibility index (Phi) is 3.13. The van der Waals surface area contributed by atoms with Gasteiger partial charge in [0.25, 0.3) is 0 Å². The first-order chi connectivity index (χ1) is 9.25.